The Morgan fingerprint density at radius 1 is 1.39 bits per heavy atom. The van der Waals surface area contributed by atoms with Crippen molar-refractivity contribution in [1.82, 2.24) is 15.5 Å². The third kappa shape index (κ3) is 2.67. The van der Waals surface area contributed by atoms with Gasteiger partial charge in [-0.1, -0.05) is 12.8 Å². The van der Waals surface area contributed by atoms with Crippen molar-refractivity contribution in [3.63, 3.8) is 0 Å². The Bertz CT molecular complexity index is 381. The number of rotatable bonds is 2. The normalized spacial score (nSPS) is 30.3. The number of aromatic nitrogens is 2. The highest BCUT2D eigenvalue weighted by Gasteiger charge is 2.38. The Morgan fingerprint density at radius 3 is 2.94 bits per heavy atom. The van der Waals surface area contributed by atoms with Gasteiger partial charge in [0.25, 0.3) is 0 Å². The fraction of sp³-hybridized carbons (Fsp3) is 0.667. The Hall–Kier alpha value is -1.07. The maximum atomic E-state index is 12.0. The highest BCUT2D eigenvalue weighted by molar-refractivity contribution is 5.94. The molecule has 3 unspecified atom stereocenters. The summed E-state index contributed by atoms with van der Waals surface area (Å²) < 4.78 is 0. The summed E-state index contributed by atoms with van der Waals surface area (Å²) in [6.07, 6.45) is 9.41. The Balaban J connectivity index is 0.00000120. The Morgan fingerprint density at radius 2 is 2.22 bits per heavy atom. The summed E-state index contributed by atoms with van der Waals surface area (Å²) in [7, 11) is 0. The molecule has 100 valence electrons. The van der Waals surface area contributed by atoms with E-state index in [1.807, 2.05) is 0 Å². The van der Waals surface area contributed by atoms with Crippen LogP contribution in [0.2, 0.25) is 0 Å². The first-order valence-electron chi connectivity index (χ1n) is 6.38. The maximum Gasteiger partial charge on any atom is 0.241 e. The second-order valence-electron chi connectivity index (χ2n) is 5.08. The second kappa shape index (κ2) is 5.71. The van der Waals surface area contributed by atoms with Crippen LogP contribution in [-0.4, -0.2) is 28.2 Å². The van der Waals surface area contributed by atoms with Gasteiger partial charge in [0.05, 0.1) is 17.9 Å². The van der Waals surface area contributed by atoms with Crippen LogP contribution >= 0.6 is 12.4 Å². The average molecular weight is 271 g/mol. The molecule has 0 aromatic carbocycles. The number of anilines is 1. The van der Waals surface area contributed by atoms with E-state index in [0.717, 1.165) is 12.1 Å². The van der Waals surface area contributed by atoms with E-state index in [9.17, 15) is 4.79 Å². The lowest BCUT2D eigenvalue weighted by molar-refractivity contribution is -0.117. The van der Waals surface area contributed by atoms with Gasteiger partial charge in [-0.05, 0) is 25.2 Å². The SMILES string of the molecule is Cl.O=C(Nc1cn[nH]c1)C1CC2CCCCC2N1. The van der Waals surface area contributed by atoms with Gasteiger partial charge in [0.15, 0.2) is 0 Å². The number of H-pyrrole nitrogens is 1. The van der Waals surface area contributed by atoms with Gasteiger partial charge in [-0.15, -0.1) is 12.4 Å². The van der Waals surface area contributed by atoms with Gasteiger partial charge in [-0.3, -0.25) is 9.89 Å². The van der Waals surface area contributed by atoms with Gasteiger partial charge in [-0.2, -0.15) is 5.10 Å². The van der Waals surface area contributed by atoms with Crippen molar-refractivity contribution >= 4 is 24.0 Å². The molecule has 1 aromatic heterocycles. The molecular weight excluding hydrogens is 252 g/mol. The van der Waals surface area contributed by atoms with Gasteiger partial charge in [0, 0.05) is 12.2 Å². The van der Waals surface area contributed by atoms with Crippen LogP contribution in [0.1, 0.15) is 32.1 Å². The van der Waals surface area contributed by atoms with Crippen LogP contribution < -0.4 is 10.6 Å². The first-order chi connectivity index (χ1) is 8.33. The minimum absolute atomic E-state index is 0. The van der Waals surface area contributed by atoms with Crippen LogP contribution in [-0.2, 0) is 4.79 Å². The van der Waals surface area contributed by atoms with E-state index in [-0.39, 0.29) is 24.4 Å². The number of aromatic amines is 1. The molecule has 1 saturated heterocycles. The number of fused-ring (bicyclic) bond motifs is 1. The molecule has 5 nitrogen and oxygen atoms in total. The molecule has 0 radical (unpaired) electrons. The summed E-state index contributed by atoms with van der Waals surface area (Å²) in [6, 6.07) is 0.529. The number of nitrogens with one attached hydrogen (secondary N) is 3. The van der Waals surface area contributed by atoms with Gasteiger partial charge in [-0.25, -0.2) is 0 Å². The predicted octanol–water partition coefficient (Wildman–Crippen LogP) is 1.69. The van der Waals surface area contributed by atoms with E-state index in [1.165, 1.54) is 25.7 Å². The molecule has 0 bridgehead atoms. The highest BCUT2D eigenvalue weighted by Crippen LogP contribution is 2.33. The zero-order valence-electron chi connectivity index (χ0n) is 10.2. The van der Waals surface area contributed by atoms with Crippen molar-refractivity contribution in [2.75, 3.05) is 5.32 Å². The third-order valence-corrected chi connectivity index (χ3v) is 3.95. The van der Waals surface area contributed by atoms with Gasteiger partial charge >= 0.3 is 0 Å². The molecule has 1 saturated carbocycles. The van der Waals surface area contributed by atoms with Crippen LogP contribution in [0.15, 0.2) is 12.4 Å². The quantitative estimate of drug-likeness (QED) is 0.766. The predicted molar refractivity (Wildman–Crippen MR) is 71.8 cm³/mol. The maximum absolute atomic E-state index is 12.0. The largest absolute Gasteiger partial charge is 0.322 e. The fourth-order valence-corrected chi connectivity index (χ4v) is 3.07. The van der Waals surface area contributed by atoms with Crippen molar-refractivity contribution in [3.8, 4) is 0 Å². The highest BCUT2D eigenvalue weighted by atomic mass is 35.5. The van der Waals surface area contributed by atoms with Crippen molar-refractivity contribution in [1.29, 1.82) is 0 Å². The summed E-state index contributed by atoms with van der Waals surface area (Å²) in [6.45, 7) is 0. The smallest absolute Gasteiger partial charge is 0.241 e. The van der Waals surface area contributed by atoms with Crippen LogP contribution in [0.3, 0.4) is 0 Å². The summed E-state index contributed by atoms with van der Waals surface area (Å²) in [5.74, 6) is 0.768. The number of hydrogen-bond acceptors (Lipinski definition) is 3. The second-order valence-corrected chi connectivity index (χ2v) is 5.08. The molecule has 0 spiro atoms. The summed E-state index contributed by atoms with van der Waals surface area (Å²) in [4.78, 5) is 12.0. The third-order valence-electron chi connectivity index (χ3n) is 3.95. The number of amides is 1. The minimum atomic E-state index is -0.0296. The number of halogens is 1. The van der Waals surface area contributed by atoms with Crippen LogP contribution in [0, 0.1) is 5.92 Å². The van der Waals surface area contributed by atoms with E-state index >= 15 is 0 Å². The molecule has 1 amide bonds. The molecule has 1 aliphatic carbocycles. The molecular formula is C12H19ClN4O. The summed E-state index contributed by atoms with van der Waals surface area (Å²) >= 11 is 0. The molecule has 2 fully saturated rings. The Kier molecular flexibility index (Phi) is 4.24. The standard InChI is InChI=1S/C12H18N4O.ClH/c17-12(15-9-6-13-14-7-9)11-5-8-3-1-2-4-10(8)16-11;/h6-8,10-11,16H,1-5H2,(H,13,14)(H,15,17);1H. The van der Waals surface area contributed by atoms with Gasteiger partial charge in [0.1, 0.15) is 0 Å². The zero-order valence-corrected chi connectivity index (χ0v) is 11.0. The molecule has 1 aliphatic heterocycles. The van der Waals surface area contributed by atoms with Gasteiger partial charge in [0.2, 0.25) is 5.91 Å². The first-order valence-corrected chi connectivity index (χ1v) is 6.38. The molecule has 3 rings (SSSR count). The summed E-state index contributed by atoms with van der Waals surface area (Å²) in [5, 5.41) is 12.8. The van der Waals surface area contributed by atoms with E-state index in [2.05, 4.69) is 20.8 Å². The minimum Gasteiger partial charge on any atom is -0.322 e. The molecule has 18 heavy (non-hydrogen) atoms. The molecule has 2 aliphatic rings. The van der Waals surface area contributed by atoms with Crippen LogP contribution in [0.25, 0.3) is 0 Å². The van der Waals surface area contributed by atoms with Crippen molar-refractivity contribution < 1.29 is 4.79 Å². The lowest BCUT2D eigenvalue weighted by Crippen LogP contribution is -2.39. The molecule has 1 aromatic rings. The van der Waals surface area contributed by atoms with E-state index < -0.39 is 0 Å². The number of hydrogen-bond donors (Lipinski definition) is 3. The van der Waals surface area contributed by atoms with E-state index in [0.29, 0.717) is 12.0 Å². The Labute approximate surface area is 113 Å². The molecule has 3 N–H and O–H groups in total. The van der Waals surface area contributed by atoms with Crippen LogP contribution in [0.4, 0.5) is 5.69 Å². The van der Waals surface area contributed by atoms with Crippen LogP contribution in [0.5, 0.6) is 0 Å². The number of nitrogens with zero attached hydrogens (tertiary/aromatic N) is 1. The number of carbonyl (C=O) groups excluding carboxylic acids is 1. The van der Waals surface area contributed by atoms with E-state index in [4.69, 9.17) is 0 Å². The molecule has 3 atom stereocenters. The van der Waals surface area contributed by atoms with Crippen molar-refractivity contribution in [3.05, 3.63) is 12.4 Å². The first kappa shape index (κ1) is 13.4. The topological polar surface area (TPSA) is 69.8 Å². The summed E-state index contributed by atoms with van der Waals surface area (Å²) in [5.41, 5.74) is 0.742. The average Bonchev–Trinajstić information content (AvgIpc) is 2.96. The molecule has 2 heterocycles. The lowest BCUT2D eigenvalue weighted by atomic mass is 9.85. The lowest BCUT2D eigenvalue weighted by Gasteiger charge is -2.24. The monoisotopic (exact) mass is 270 g/mol. The molecule has 6 heteroatoms. The van der Waals surface area contributed by atoms with Crippen molar-refractivity contribution in [2.24, 2.45) is 5.92 Å². The van der Waals surface area contributed by atoms with Crippen molar-refractivity contribution in [2.45, 2.75) is 44.2 Å². The zero-order chi connectivity index (χ0) is 11.7. The van der Waals surface area contributed by atoms with Gasteiger partial charge < -0.3 is 10.6 Å². The van der Waals surface area contributed by atoms with E-state index in [1.54, 1.807) is 12.4 Å². The fourth-order valence-electron chi connectivity index (χ4n) is 3.07. The number of carbonyl (C=O) groups is 1.